The number of carbonyl (C=O) groups excluding carboxylic acids is 1. The number of hydrogen-bond acceptors (Lipinski definition) is 2. The predicted molar refractivity (Wildman–Crippen MR) is 53.8 cm³/mol. The summed E-state index contributed by atoms with van der Waals surface area (Å²) < 4.78 is 0. The zero-order chi connectivity index (χ0) is 9.97. The first-order valence-corrected chi connectivity index (χ1v) is 5.01. The summed E-state index contributed by atoms with van der Waals surface area (Å²) in [5.74, 6) is -0.312. The van der Waals surface area contributed by atoms with Gasteiger partial charge in [0.25, 0.3) is 0 Å². The Morgan fingerprint density at radius 3 is 2.93 bits per heavy atom. The second kappa shape index (κ2) is 3.78. The number of rotatable bonds is 2. The minimum absolute atomic E-state index is 0.257. The van der Waals surface area contributed by atoms with Crippen molar-refractivity contribution in [1.29, 1.82) is 0 Å². The standard InChI is InChI=1S/C11H14N2O/c12-11(14)7-9-6-5-8-3-1-2-4-10(8)13-9/h5-6H,1-4,7H2,(H2,12,14). The molecule has 0 aliphatic heterocycles. The summed E-state index contributed by atoms with van der Waals surface area (Å²) in [7, 11) is 0. The Bertz CT molecular complexity index is 360. The fraction of sp³-hybridized carbons (Fsp3) is 0.455. The Balaban J connectivity index is 2.24. The van der Waals surface area contributed by atoms with E-state index in [-0.39, 0.29) is 12.3 Å². The van der Waals surface area contributed by atoms with Crippen molar-refractivity contribution in [3.63, 3.8) is 0 Å². The number of fused-ring (bicyclic) bond motifs is 1. The molecule has 0 saturated heterocycles. The quantitative estimate of drug-likeness (QED) is 0.756. The fourth-order valence-corrected chi connectivity index (χ4v) is 1.90. The summed E-state index contributed by atoms with van der Waals surface area (Å²) in [6.45, 7) is 0. The molecule has 0 saturated carbocycles. The molecule has 74 valence electrons. The highest BCUT2D eigenvalue weighted by Gasteiger charge is 2.11. The first-order chi connectivity index (χ1) is 6.75. The zero-order valence-electron chi connectivity index (χ0n) is 8.12. The lowest BCUT2D eigenvalue weighted by Crippen LogP contribution is -2.16. The van der Waals surface area contributed by atoms with Gasteiger partial charge in [-0.3, -0.25) is 9.78 Å². The van der Waals surface area contributed by atoms with Crippen molar-refractivity contribution in [3.8, 4) is 0 Å². The molecular weight excluding hydrogens is 176 g/mol. The molecule has 0 fully saturated rings. The second-order valence-corrected chi connectivity index (χ2v) is 3.76. The van der Waals surface area contributed by atoms with Gasteiger partial charge in [-0.1, -0.05) is 6.07 Å². The lowest BCUT2D eigenvalue weighted by Gasteiger charge is -2.14. The molecule has 3 nitrogen and oxygen atoms in total. The summed E-state index contributed by atoms with van der Waals surface area (Å²) in [5, 5.41) is 0. The van der Waals surface area contributed by atoms with Crippen LogP contribution in [-0.4, -0.2) is 10.9 Å². The third-order valence-corrected chi connectivity index (χ3v) is 2.59. The maximum absolute atomic E-state index is 10.7. The Morgan fingerprint density at radius 2 is 2.14 bits per heavy atom. The minimum atomic E-state index is -0.312. The smallest absolute Gasteiger partial charge is 0.223 e. The van der Waals surface area contributed by atoms with Gasteiger partial charge in [0.05, 0.1) is 6.42 Å². The monoisotopic (exact) mass is 190 g/mol. The summed E-state index contributed by atoms with van der Waals surface area (Å²) in [4.78, 5) is 15.2. The average Bonchev–Trinajstić information content (AvgIpc) is 2.17. The van der Waals surface area contributed by atoms with E-state index in [1.807, 2.05) is 6.07 Å². The molecule has 14 heavy (non-hydrogen) atoms. The van der Waals surface area contributed by atoms with E-state index in [2.05, 4.69) is 11.1 Å². The van der Waals surface area contributed by atoms with Crippen LogP contribution in [0.1, 0.15) is 29.8 Å². The van der Waals surface area contributed by atoms with Crippen LogP contribution in [0.3, 0.4) is 0 Å². The summed E-state index contributed by atoms with van der Waals surface area (Å²) in [6, 6.07) is 3.99. The van der Waals surface area contributed by atoms with Crippen LogP contribution in [0.4, 0.5) is 0 Å². The lowest BCUT2D eigenvalue weighted by molar-refractivity contribution is -0.117. The van der Waals surface area contributed by atoms with E-state index in [1.165, 1.54) is 18.4 Å². The van der Waals surface area contributed by atoms with Gasteiger partial charge in [0.2, 0.25) is 5.91 Å². The molecule has 1 aromatic heterocycles. The third-order valence-electron chi connectivity index (χ3n) is 2.59. The third kappa shape index (κ3) is 1.92. The minimum Gasteiger partial charge on any atom is -0.369 e. The van der Waals surface area contributed by atoms with E-state index in [0.717, 1.165) is 24.2 Å². The van der Waals surface area contributed by atoms with E-state index in [4.69, 9.17) is 5.73 Å². The lowest BCUT2D eigenvalue weighted by atomic mass is 9.96. The molecular formula is C11H14N2O. The molecule has 1 aliphatic carbocycles. The highest BCUT2D eigenvalue weighted by molar-refractivity contribution is 5.76. The molecule has 0 spiro atoms. The zero-order valence-corrected chi connectivity index (χ0v) is 8.12. The summed E-state index contributed by atoms with van der Waals surface area (Å²) in [5.41, 5.74) is 8.42. The largest absolute Gasteiger partial charge is 0.369 e. The second-order valence-electron chi connectivity index (χ2n) is 3.76. The Kier molecular flexibility index (Phi) is 2.48. The number of nitrogens with two attached hydrogens (primary N) is 1. The molecule has 0 atom stereocenters. The Labute approximate surface area is 83.3 Å². The van der Waals surface area contributed by atoms with E-state index >= 15 is 0 Å². The highest BCUT2D eigenvalue weighted by atomic mass is 16.1. The molecule has 1 amide bonds. The molecule has 0 bridgehead atoms. The van der Waals surface area contributed by atoms with Crippen molar-refractivity contribution < 1.29 is 4.79 Å². The van der Waals surface area contributed by atoms with Crippen molar-refractivity contribution in [2.75, 3.05) is 0 Å². The highest BCUT2D eigenvalue weighted by Crippen LogP contribution is 2.19. The van der Waals surface area contributed by atoms with Crippen LogP contribution in [-0.2, 0) is 24.1 Å². The van der Waals surface area contributed by atoms with Crippen LogP contribution in [0, 0.1) is 0 Å². The maximum atomic E-state index is 10.7. The first-order valence-electron chi connectivity index (χ1n) is 5.01. The van der Waals surface area contributed by atoms with Gasteiger partial charge < -0.3 is 5.73 Å². The van der Waals surface area contributed by atoms with Gasteiger partial charge in [0, 0.05) is 11.4 Å². The SMILES string of the molecule is NC(=O)Cc1ccc2c(n1)CCCC2. The van der Waals surface area contributed by atoms with Crippen LogP contribution in [0.2, 0.25) is 0 Å². The van der Waals surface area contributed by atoms with Crippen molar-refractivity contribution in [2.24, 2.45) is 5.73 Å². The van der Waals surface area contributed by atoms with Crippen LogP contribution in [0.25, 0.3) is 0 Å². The molecule has 2 N–H and O–H groups in total. The van der Waals surface area contributed by atoms with E-state index < -0.39 is 0 Å². The molecule has 0 unspecified atom stereocenters. The van der Waals surface area contributed by atoms with E-state index in [1.54, 1.807) is 0 Å². The molecule has 1 aromatic rings. The van der Waals surface area contributed by atoms with Crippen molar-refractivity contribution in [3.05, 3.63) is 29.1 Å². The Hall–Kier alpha value is -1.38. The number of carbonyl (C=O) groups is 1. The summed E-state index contributed by atoms with van der Waals surface area (Å²) >= 11 is 0. The topological polar surface area (TPSA) is 56.0 Å². The molecule has 2 rings (SSSR count). The van der Waals surface area contributed by atoms with Crippen LogP contribution >= 0.6 is 0 Å². The van der Waals surface area contributed by atoms with Gasteiger partial charge in [-0.15, -0.1) is 0 Å². The molecule has 0 aromatic carbocycles. The van der Waals surface area contributed by atoms with Crippen LogP contribution in [0.15, 0.2) is 12.1 Å². The van der Waals surface area contributed by atoms with Crippen molar-refractivity contribution in [1.82, 2.24) is 4.98 Å². The normalized spacial score (nSPS) is 14.9. The van der Waals surface area contributed by atoms with Gasteiger partial charge in [-0.05, 0) is 37.3 Å². The van der Waals surface area contributed by atoms with Gasteiger partial charge >= 0.3 is 0 Å². The number of aromatic nitrogens is 1. The molecule has 0 radical (unpaired) electrons. The number of pyridine rings is 1. The fourth-order valence-electron chi connectivity index (χ4n) is 1.90. The summed E-state index contributed by atoms with van der Waals surface area (Å²) in [6.07, 6.45) is 4.89. The number of aryl methyl sites for hydroxylation is 2. The van der Waals surface area contributed by atoms with Crippen LogP contribution in [0.5, 0.6) is 0 Å². The number of nitrogens with zero attached hydrogens (tertiary/aromatic N) is 1. The van der Waals surface area contributed by atoms with Gasteiger partial charge in [0.15, 0.2) is 0 Å². The van der Waals surface area contributed by atoms with Crippen molar-refractivity contribution in [2.45, 2.75) is 32.1 Å². The number of amides is 1. The predicted octanol–water partition coefficient (Wildman–Crippen LogP) is 0.988. The molecule has 1 heterocycles. The molecule has 3 heteroatoms. The van der Waals surface area contributed by atoms with Gasteiger partial charge in [-0.2, -0.15) is 0 Å². The average molecular weight is 190 g/mol. The number of primary amides is 1. The van der Waals surface area contributed by atoms with Crippen LogP contribution < -0.4 is 5.73 Å². The van der Waals surface area contributed by atoms with E-state index in [9.17, 15) is 4.79 Å². The molecule has 1 aliphatic rings. The van der Waals surface area contributed by atoms with Crippen molar-refractivity contribution >= 4 is 5.91 Å². The first kappa shape index (κ1) is 9.19. The van der Waals surface area contributed by atoms with E-state index in [0.29, 0.717) is 0 Å². The van der Waals surface area contributed by atoms with Gasteiger partial charge in [-0.25, -0.2) is 0 Å². The maximum Gasteiger partial charge on any atom is 0.223 e. The Morgan fingerprint density at radius 1 is 1.36 bits per heavy atom. The van der Waals surface area contributed by atoms with Gasteiger partial charge in [0.1, 0.15) is 0 Å². The number of hydrogen-bond donors (Lipinski definition) is 1.